The van der Waals surface area contributed by atoms with E-state index in [0.29, 0.717) is 28.1 Å². The van der Waals surface area contributed by atoms with Crippen LogP contribution in [0.5, 0.6) is 0 Å². The molecule has 132 valence electrons. The Kier molecular flexibility index (Phi) is 6.97. The number of thioether (sulfide) groups is 1. The van der Waals surface area contributed by atoms with E-state index in [2.05, 4.69) is 35.2 Å². The number of carbonyl (C=O) groups excluding carboxylic acids is 1. The summed E-state index contributed by atoms with van der Waals surface area (Å²) in [5.41, 5.74) is 2.34. The quantitative estimate of drug-likeness (QED) is 0.726. The third-order valence-electron chi connectivity index (χ3n) is 3.42. The Morgan fingerprint density at radius 1 is 1.40 bits per heavy atom. The lowest BCUT2D eigenvalue weighted by Gasteiger charge is -2.15. The average molecular weight is 375 g/mol. The molecule has 0 aromatic carbocycles. The van der Waals surface area contributed by atoms with Crippen LogP contribution in [0.25, 0.3) is 0 Å². The summed E-state index contributed by atoms with van der Waals surface area (Å²) >= 11 is 2.76. The van der Waals surface area contributed by atoms with Crippen LogP contribution in [0.1, 0.15) is 44.1 Å². The number of rotatable bonds is 7. The van der Waals surface area contributed by atoms with E-state index >= 15 is 0 Å². The van der Waals surface area contributed by atoms with E-state index in [1.165, 1.54) is 23.1 Å². The first-order valence-electron chi connectivity index (χ1n) is 8.22. The summed E-state index contributed by atoms with van der Waals surface area (Å²) in [4.78, 5) is 21.4. The van der Waals surface area contributed by atoms with Crippen molar-refractivity contribution in [3.05, 3.63) is 34.5 Å². The zero-order chi connectivity index (χ0) is 18.4. The zero-order valence-corrected chi connectivity index (χ0v) is 16.5. The van der Waals surface area contributed by atoms with E-state index in [9.17, 15) is 10.1 Å². The van der Waals surface area contributed by atoms with Crippen LogP contribution in [-0.2, 0) is 11.2 Å². The minimum Gasteiger partial charge on any atom is -0.301 e. The van der Waals surface area contributed by atoms with Crippen LogP contribution >= 0.6 is 23.1 Å². The minimum atomic E-state index is -0.321. The van der Waals surface area contributed by atoms with Crippen molar-refractivity contribution in [2.24, 2.45) is 5.92 Å². The Morgan fingerprint density at radius 3 is 2.72 bits per heavy atom. The van der Waals surface area contributed by atoms with Gasteiger partial charge in [0, 0.05) is 11.1 Å². The molecule has 0 aliphatic heterocycles. The average Bonchev–Trinajstić information content (AvgIpc) is 2.97. The molecule has 0 bridgehead atoms. The van der Waals surface area contributed by atoms with E-state index in [4.69, 9.17) is 0 Å². The van der Waals surface area contributed by atoms with Crippen molar-refractivity contribution < 1.29 is 4.79 Å². The molecule has 2 heterocycles. The molecule has 0 aliphatic rings. The van der Waals surface area contributed by atoms with Gasteiger partial charge >= 0.3 is 0 Å². The van der Waals surface area contributed by atoms with Crippen LogP contribution in [0.2, 0.25) is 0 Å². The second-order valence-corrected chi connectivity index (χ2v) is 8.21. The fraction of sp³-hybridized carbons (Fsp3) is 0.444. The topological polar surface area (TPSA) is 78.7 Å². The number of aryl methyl sites for hydroxylation is 1. The van der Waals surface area contributed by atoms with Gasteiger partial charge in [-0.1, -0.05) is 32.5 Å². The van der Waals surface area contributed by atoms with Crippen LogP contribution in [0, 0.1) is 24.2 Å². The molecule has 1 amide bonds. The highest BCUT2D eigenvalue weighted by molar-refractivity contribution is 8.00. The van der Waals surface area contributed by atoms with Crippen LogP contribution in [0.4, 0.5) is 5.13 Å². The monoisotopic (exact) mass is 374 g/mol. The van der Waals surface area contributed by atoms with Crippen molar-refractivity contribution in [1.29, 1.82) is 5.26 Å². The van der Waals surface area contributed by atoms with Crippen molar-refractivity contribution >= 4 is 34.1 Å². The number of carbonyl (C=O) groups is 1. The van der Waals surface area contributed by atoms with Crippen molar-refractivity contribution in [3.8, 4) is 6.07 Å². The fourth-order valence-electron chi connectivity index (χ4n) is 2.24. The van der Waals surface area contributed by atoms with Gasteiger partial charge in [-0.25, -0.2) is 9.97 Å². The van der Waals surface area contributed by atoms with E-state index < -0.39 is 0 Å². The van der Waals surface area contributed by atoms with Gasteiger partial charge in [0.2, 0.25) is 5.91 Å². The third kappa shape index (κ3) is 5.55. The maximum atomic E-state index is 12.5. The normalized spacial score (nSPS) is 12.0. The van der Waals surface area contributed by atoms with E-state index in [0.717, 1.165) is 17.8 Å². The number of hydrogen-bond acceptors (Lipinski definition) is 6. The summed E-state index contributed by atoms with van der Waals surface area (Å²) in [6.07, 6.45) is 1.49. The number of nitriles is 1. The molecule has 7 heteroatoms. The van der Waals surface area contributed by atoms with Crippen molar-refractivity contribution in [2.75, 3.05) is 5.32 Å². The van der Waals surface area contributed by atoms with Crippen LogP contribution < -0.4 is 5.32 Å². The van der Waals surface area contributed by atoms with Crippen LogP contribution in [0.15, 0.2) is 22.5 Å². The molecule has 2 aromatic rings. The van der Waals surface area contributed by atoms with Crippen LogP contribution in [-0.4, -0.2) is 21.1 Å². The first-order valence-corrected chi connectivity index (χ1v) is 9.98. The molecule has 0 radical (unpaired) electrons. The molecule has 2 rings (SSSR count). The predicted octanol–water partition coefficient (Wildman–Crippen LogP) is 4.43. The number of pyridine rings is 1. The molecule has 1 atom stereocenters. The van der Waals surface area contributed by atoms with E-state index in [1.54, 1.807) is 6.07 Å². The first-order chi connectivity index (χ1) is 11.9. The highest BCUT2D eigenvalue weighted by Crippen LogP contribution is 2.29. The Morgan fingerprint density at radius 2 is 2.16 bits per heavy atom. The number of hydrogen-bond donors (Lipinski definition) is 1. The lowest BCUT2D eigenvalue weighted by Crippen LogP contribution is -2.24. The second-order valence-electron chi connectivity index (χ2n) is 6.16. The fourth-order valence-corrected chi connectivity index (χ4v) is 3.94. The molecule has 0 spiro atoms. The van der Waals surface area contributed by atoms with E-state index in [-0.39, 0.29) is 11.2 Å². The molecule has 0 fully saturated rings. The number of nitrogens with one attached hydrogen (secondary N) is 1. The summed E-state index contributed by atoms with van der Waals surface area (Å²) in [6, 6.07) is 5.86. The second kappa shape index (κ2) is 8.97. The Bertz CT molecular complexity index is 780. The molecule has 0 aliphatic carbocycles. The Balaban J connectivity index is 2.16. The maximum absolute atomic E-state index is 12.5. The first kappa shape index (κ1) is 19.4. The summed E-state index contributed by atoms with van der Waals surface area (Å²) < 4.78 is 0. The smallest absolute Gasteiger partial charge is 0.239 e. The Hall–Kier alpha value is -1.91. The number of anilines is 1. The van der Waals surface area contributed by atoms with Gasteiger partial charge in [0.05, 0.1) is 16.5 Å². The van der Waals surface area contributed by atoms with Gasteiger partial charge < -0.3 is 5.32 Å². The number of amides is 1. The molecule has 0 saturated carbocycles. The molecule has 1 unspecified atom stereocenters. The molecular weight excluding hydrogens is 352 g/mol. The highest BCUT2D eigenvalue weighted by atomic mass is 32.2. The zero-order valence-electron chi connectivity index (χ0n) is 14.9. The number of nitrogens with zero attached hydrogens (tertiary/aromatic N) is 3. The van der Waals surface area contributed by atoms with Gasteiger partial charge in [-0.15, -0.1) is 11.3 Å². The standard InChI is InChI=1S/C18H22N4OS2/c1-5-15(16(23)22-18-20-12(4)10-24-18)25-17-13(9-19)6-7-14(21-17)8-11(2)3/h6-7,10-11,15H,5,8H2,1-4H3,(H,20,22,23). The van der Waals surface area contributed by atoms with Crippen LogP contribution in [0.3, 0.4) is 0 Å². The Labute approximate surface area is 156 Å². The van der Waals surface area contributed by atoms with E-state index in [1.807, 2.05) is 25.3 Å². The summed E-state index contributed by atoms with van der Waals surface area (Å²) in [7, 11) is 0. The van der Waals surface area contributed by atoms with Gasteiger partial charge in [0.1, 0.15) is 11.1 Å². The molecular formula is C18H22N4OS2. The van der Waals surface area contributed by atoms with Crippen molar-refractivity contribution in [3.63, 3.8) is 0 Å². The summed E-state index contributed by atoms with van der Waals surface area (Å²) in [6.45, 7) is 8.10. The molecule has 1 N–H and O–H groups in total. The van der Waals surface area contributed by atoms with Gasteiger partial charge in [-0.3, -0.25) is 4.79 Å². The summed E-state index contributed by atoms with van der Waals surface area (Å²) in [5.74, 6) is 0.374. The van der Waals surface area contributed by atoms with Crippen molar-refractivity contribution in [1.82, 2.24) is 9.97 Å². The highest BCUT2D eigenvalue weighted by Gasteiger charge is 2.21. The molecule has 5 nitrogen and oxygen atoms in total. The minimum absolute atomic E-state index is 0.109. The SMILES string of the molecule is CCC(Sc1nc(CC(C)C)ccc1C#N)C(=O)Nc1nc(C)cs1. The molecule has 0 saturated heterocycles. The van der Waals surface area contributed by atoms with Gasteiger partial charge in [-0.05, 0) is 37.8 Å². The molecule has 2 aromatic heterocycles. The van der Waals surface area contributed by atoms with Gasteiger partial charge in [0.15, 0.2) is 5.13 Å². The maximum Gasteiger partial charge on any atom is 0.239 e. The lowest BCUT2D eigenvalue weighted by molar-refractivity contribution is -0.115. The largest absolute Gasteiger partial charge is 0.301 e. The molecule has 25 heavy (non-hydrogen) atoms. The predicted molar refractivity (Wildman–Crippen MR) is 103 cm³/mol. The third-order valence-corrected chi connectivity index (χ3v) is 5.66. The van der Waals surface area contributed by atoms with Crippen molar-refractivity contribution in [2.45, 2.75) is 50.8 Å². The van der Waals surface area contributed by atoms with Gasteiger partial charge in [-0.2, -0.15) is 5.26 Å². The number of aromatic nitrogens is 2. The summed E-state index contributed by atoms with van der Waals surface area (Å²) in [5, 5.41) is 15.0. The van der Waals surface area contributed by atoms with Gasteiger partial charge in [0.25, 0.3) is 0 Å². The number of thiazole rings is 1. The lowest BCUT2D eigenvalue weighted by atomic mass is 10.1.